The molecule has 0 aliphatic heterocycles. The summed E-state index contributed by atoms with van der Waals surface area (Å²) in [5.41, 5.74) is 3.96. The first-order valence-corrected chi connectivity index (χ1v) is 19.7. The van der Waals surface area contributed by atoms with Gasteiger partial charge >= 0.3 is 10.1 Å². The van der Waals surface area contributed by atoms with E-state index in [-0.39, 0.29) is 80.5 Å². The fourth-order valence-electron chi connectivity index (χ4n) is 5.22. The van der Waals surface area contributed by atoms with E-state index in [4.69, 9.17) is 4.18 Å². The van der Waals surface area contributed by atoms with Gasteiger partial charge in [0.05, 0.1) is 22.0 Å². The van der Waals surface area contributed by atoms with E-state index in [1.807, 2.05) is 25.1 Å². The van der Waals surface area contributed by atoms with Gasteiger partial charge in [-0.15, -0.1) is 5.11 Å². The molecule has 3 N–H and O–H groups in total. The van der Waals surface area contributed by atoms with E-state index in [1.165, 1.54) is 24.3 Å². The van der Waals surface area contributed by atoms with E-state index >= 15 is 0 Å². The van der Waals surface area contributed by atoms with Crippen molar-refractivity contribution < 1.29 is 43.6 Å². The first-order valence-electron chi connectivity index (χ1n) is 15.4. The fourth-order valence-corrected chi connectivity index (χ4v) is 7.35. The van der Waals surface area contributed by atoms with Crippen molar-refractivity contribution >= 4 is 123 Å². The van der Waals surface area contributed by atoms with E-state index in [0.29, 0.717) is 22.6 Å². The standard InChI is InChI=1S/C36H28N4O10S3.2Na/c1-22-18-24(8-16-32(22)38-37-27-10-12-28(13-11-27)50-53(48,49)29-6-4-3-5-7-29)25-9-17-33(23(2)19-25)39-40-35-34(52(45,46)47)21-26-20-30(51(42,43)44)14-15-31(26)36(35)41;;/h3-21,41H,1-2H3,(H,42,43,44)(H,45,46,47);;. The molecule has 0 aliphatic rings. The third-order valence-electron chi connectivity index (χ3n) is 7.93. The summed E-state index contributed by atoms with van der Waals surface area (Å²) >= 11 is 0. The van der Waals surface area contributed by atoms with E-state index in [1.54, 1.807) is 55.5 Å². The molecule has 0 saturated heterocycles. The van der Waals surface area contributed by atoms with Crippen LogP contribution in [0.5, 0.6) is 11.5 Å². The number of fused-ring (bicyclic) bond motifs is 1. The maximum atomic E-state index is 12.5. The van der Waals surface area contributed by atoms with Crippen molar-refractivity contribution in [1.82, 2.24) is 0 Å². The number of phenols is 1. The summed E-state index contributed by atoms with van der Waals surface area (Å²) in [6.45, 7) is 3.62. The van der Waals surface area contributed by atoms with E-state index in [9.17, 15) is 39.5 Å². The maximum absolute atomic E-state index is 12.5. The largest absolute Gasteiger partial charge is 0.505 e. The Labute approximate surface area is 361 Å². The van der Waals surface area contributed by atoms with Gasteiger partial charge in [0.1, 0.15) is 21.2 Å². The summed E-state index contributed by atoms with van der Waals surface area (Å²) in [5, 5.41) is 27.4. The van der Waals surface area contributed by atoms with Crippen molar-refractivity contribution in [1.29, 1.82) is 0 Å². The van der Waals surface area contributed by atoms with Gasteiger partial charge in [-0.2, -0.15) is 40.6 Å². The molecule has 0 spiro atoms. The molecule has 272 valence electrons. The monoisotopic (exact) mass is 818 g/mol. The van der Waals surface area contributed by atoms with Crippen molar-refractivity contribution in [3.8, 4) is 22.6 Å². The van der Waals surface area contributed by atoms with Crippen LogP contribution in [-0.2, 0) is 30.4 Å². The van der Waals surface area contributed by atoms with Crippen molar-refractivity contribution in [2.75, 3.05) is 0 Å². The predicted octanol–water partition coefficient (Wildman–Crippen LogP) is 8.16. The first kappa shape index (κ1) is 43.9. The zero-order valence-electron chi connectivity index (χ0n) is 29.7. The molecule has 6 aromatic carbocycles. The van der Waals surface area contributed by atoms with Crippen LogP contribution in [0, 0.1) is 13.8 Å². The molecule has 0 saturated carbocycles. The van der Waals surface area contributed by atoms with Gasteiger partial charge in [-0.1, -0.05) is 30.3 Å². The molecular formula is C36H28N4Na2O10S3. The Balaban J connectivity index is 0.00000336. The predicted molar refractivity (Wildman–Crippen MR) is 207 cm³/mol. The molecule has 0 aliphatic carbocycles. The average molecular weight is 819 g/mol. The molecule has 14 nitrogen and oxygen atoms in total. The zero-order valence-corrected chi connectivity index (χ0v) is 36.1. The fraction of sp³-hybridized carbons (Fsp3) is 0.0556. The maximum Gasteiger partial charge on any atom is 0.339 e. The Morgan fingerprint density at radius 2 is 1.13 bits per heavy atom. The van der Waals surface area contributed by atoms with Crippen LogP contribution in [0.15, 0.2) is 150 Å². The van der Waals surface area contributed by atoms with Gasteiger partial charge < -0.3 is 9.29 Å². The minimum Gasteiger partial charge on any atom is -0.505 e. The van der Waals surface area contributed by atoms with Gasteiger partial charge in [-0.3, -0.25) is 9.11 Å². The van der Waals surface area contributed by atoms with Crippen LogP contribution in [0.2, 0.25) is 0 Å². The van der Waals surface area contributed by atoms with Crippen LogP contribution < -0.4 is 4.18 Å². The van der Waals surface area contributed by atoms with Crippen molar-refractivity contribution in [3.63, 3.8) is 0 Å². The Bertz CT molecular complexity index is 2800. The van der Waals surface area contributed by atoms with Crippen LogP contribution >= 0.6 is 0 Å². The van der Waals surface area contributed by atoms with E-state index < -0.39 is 51.6 Å². The summed E-state index contributed by atoms with van der Waals surface area (Å²) in [4.78, 5) is -1.32. The topological polar surface area (TPSA) is 222 Å². The van der Waals surface area contributed by atoms with Crippen LogP contribution in [0.4, 0.5) is 22.7 Å². The van der Waals surface area contributed by atoms with E-state index in [0.717, 1.165) is 41.0 Å². The first-order chi connectivity index (χ1) is 25.0. The number of benzene rings is 6. The molecule has 0 unspecified atom stereocenters. The minimum absolute atomic E-state index is 0. The number of rotatable bonds is 10. The van der Waals surface area contributed by atoms with Gasteiger partial charge in [0.2, 0.25) is 0 Å². The molecule has 0 heterocycles. The SMILES string of the molecule is Cc1cc(-c2ccc(N=Nc3c(S(=O)(=O)O)cc4cc(S(=O)(=O)O)ccc4c3O)c(C)c2)ccc1N=Nc1ccc(OS(=O)(=O)c2ccccc2)cc1.[Na].[Na]. The van der Waals surface area contributed by atoms with E-state index in [2.05, 4.69) is 20.5 Å². The Morgan fingerprint density at radius 3 is 1.65 bits per heavy atom. The molecular weight excluding hydrogens is 791 g/mol. The average Bonchev–Trinajstić information content (AvgIpc) is 3.11. The van der Waals surface area contributed by atoms with Crippen molar-refractivity contribution in [2.24, 2.45) is 20.5 Å². The van der Waals surface area contributed by atoms with Gasteiger partial charge in [-0.25, -0.2) is 0 Å². The summed E-state index contributed by atoms with van der Waals surface area (Å²) < 4.78 is 96.9. The minimum atomic E-state index is -4.96. The normalized spacial score (nSPS) is 12.1. The number of aryl methyl sites for hydroxylation is 2. The van der Waals surface area contributed by atoms with Crippen LogP contribution in [-0.4, -0.2) is 98.6 Å². The van der Waals surface area contributed by atoms with Crippen LogP contribution in [0.25, 0.3) is 21.9 Å². The van der Waals surface area contributed by atoms with Crippen molar-refractivity contribution in [3.05, 3.63) is 126 Å². The Hall–Kier alpha value is -3.85. The summed E-state index contributed by atoms with van der Waals surface area (Å²) in [5.74, 6) is -0.548. The van der Waals surface area contributed by atoms with Gasteiger partial charge in [0.25, 0.3) is 20.2 Å². The van der Waals surface area contributed by atoms with Crippen molar-refractivity contribution in [2.45, 2.75) is 28.5 Å². The molecule has 0 atom stereocenters. The second-order valence-electron chi connectivity index (χ2n) is 11.7. The molecule has 19 heteroatoms. The van der Waals surface area contributed by atoms with Crippen LogP contribution in [0.1, 0.15) is 11.1 Å². The second-order valence-corrected chi connectivity index (χ2v) is 16.0. The van der Waals surface area contributed by atoms with Gasteiger partial charge in [0.15, 0.2) is 5.75 Å². The second kappa shape index (κ2) is 17.5. The van der Waals surface area contributed by atoms with Gasteiger partial charge in [0, 0.05) is 64.5 Å². The Morgan fingerprint density at radius 1 is 0.564 bits per heavy atom. The number of phenolic OH excluding ortho intramolecular Hbond substituents is 1. The summed E-state index contributed by atoms with van der Waals surface area (Å²) in [6, 6.07) is 28.8. The molecule has 55 heavy (non-hydrogen) atoms. The Kier molecular flexibility index (Phi) is 14.0. The molecule has 0 amide bonds. The third-order valence-corrected chi connectivity index (χ3v) is 10.9. The molecule has 6 aromatic rings. The molecule has 6 rings (SSSR count). The number of nitrogens with zero attached hydrogens (tertiary/aromatic N) is 4. The smallest absolute Gasteiger partial charge is 0.339 e. The summed E-state index contributed by atoms with van der Waals surface area (Å²) in [6.07, 6.45) is 0. The number of hydrogen-bond acceptors (Lipinski definition) is 12. The third kappa shape index (κ3) is 10.3. The number of aromatic hydroxyl groups is 1. The molecule has 0 fully saturated rings. The van der Waals surface area contributed by atoms with Gasteiger partial charge in [-0.05, 0) is 126 Å². The summed E-state index contributed by atoms with van der Waals surface area (Å²) in [7, 11) is -13.6. The molecule has 0 aromatic heterocycles. The molecule has 2 radical (unpaired) electrons. The molecule has 0 bridgehead atoms. The zero-order chi connectivity index (χ0) is 38.1. The number of hydrogen-bond donors (Lipinski definition) is 3. The van der Waals surface area contributed by atoms with Crippen LogP contribution in [0.3, 0.4) is 0 Å². The number of azo groups is 2. The quantitative estimate of drug-likeness (QED) is 0.0521.